The van der Waals surface area contributed by atoms with Crippen molar-refractivity contribution in [2.24, 2.45) is 0 Å². The van der Waals surface area contributed by atoms with Gasteiger partial charge in [-0.05, 0) is 61.9 Å². The first-order valence-electron chi connectivity index (χ1n) is 11.4. The molecule has 2 aliphatic heterocycles. The summed E-state index contributed by atoms with van der Waals surface area (Å²) in [6, 6.07) is 12.2. The lowest BCUT2D eigenvalue weighted by Gasteiger charge is -2.52. The average Bonchev–Trinajstić information content (AvgIpc) is 2.80. The maximum atomic E-state index is 14.6. The van der Waals surface area contributed by atoms with E-state index in [1.54, 1.807) is 4.90 Å². The van der Waals surface area contributed by atoms with Gasteiger partial charge in [-0.2, -0.15) is 0 Å². The minimum atomic E-state index is -0.950. The number of nitrogens with zero attached hydrogens (tertiary/aromatic N) is 3. The lowest BCUT2D eigenvalue weighted by atomic mass is 9.88. The van der Waals surface area contributed by atoms with E-state index in [0.717, 1.165) is 5.56 Å². The fourth-order valence-corrected chi connectivity index (χ4v) is 5.24. The fourth-order valence-electron chi connectivity index (χ4n) is 5.24. The number of aromatic hydroxyl groups is 1. The first-order chi connectivity index (χ1) is 16.3. The molecule has 0 saturated heterocycles. The molecule has 0 aliphatic carbocycles. The van der Waals surface area contributed by atoms with Gasteiger partial charge in [-0.15, -0.1) is 0 Å². The summed E-state index contributed by atoms with van der Waals surface area (Å²) < 4.78 is 30.3. The third kappa shape index (κ3) is 3.36. The Bertz CT molecular complexity index is 1320. The summed E-state index contributed by atoms with van der Waals surface area (Å²) in [5.41, 5.74) is 1.29. The highest BCUT2D eigenvalue weighted by Gasteiger charge is 2.45. The zero-order valence-corrected chi connectivity index (χ0v) is 18.9. The van der Waals surface area contributed by atoms with Crippen LogP contribution in [0.1, 0.15) is 59.9 Å². The molecule has 3 aromatic rings. The quantitative estimate of drug-likeness (QED) is 0.619. The fraction of sp³-hybridized carbons (Fsp3) is 0.308. The van der Waals surface area contributed by atoms with Crippen LogP contribution in [-0.4, -0.2) is 32.8 Å². The largest absolute Gasteiger partial charge is 0.502 e. The number of carbonyl (C=O) groups is 1. The summed E-state index contributed by atoms with van der Waals surface area (Å²) in [5.74, 6) is -2.92. The summed E-state index contributed by atoms with van der Waals surface area (Å²) in [4.78, 5) is 27.5. The summed E-state index contributed by atoms with van der Waals surface area (Å²) in [6.07, 6.45) is 2.77. The highest BCUT2D eigenvalue weighted by atomic mass is 19.2. The van der Waals surface area contributed by atoms with Gasteiger partial charge in [0.15, 0.2) is 23.1 Å². The van der Waals surface area contributed by atoms with Crippen LogP contribution in [0.15, 0.2) is 59.5 Å². The minimum Gasteiger partial charge on any atom is -0.502 e. The Morgan fingerprint density at radius 3 is 2.44 bits per heavy atom. The molecule has 1 unspecified atom stereocenters. The van der Waals surface area contributed by atoms with Crippen molar-refractivity contribution in [1.82, 2.24) is 9.58 Å². The van der Waals surface area contributed by atoms with Gasteiger partial charge < -0.3 is 10.0 Å². The van der Waals surface area contributed by atoms with Crippen molar-refractivity contribution in [3.05, 3.63) is 99.0 Å². The SMILES string of the molecule is CC(C)N1C(=O)c2c(O)c(=O)ccn2N2C1CCCc1cc(F)c(F)cc1[C@H]2c1ccccc1. The number of carbonyl (C=O) groups excluding carboxylic acids is 1. The lowest BCUT2D eigenvalue weighted by molar-refractivity contribution is 0.0440. The summed E-state index contributed by atoms with van der Waals surface area (Å²) in [6.45, 7) is 3.76. The molecule has 0 saturated carbocycles. The molecule has 8 heteroatoms. The number of rotatable bonds is 2. The Hall–Kier alpha value is -3.68. The topological polar surface area (TPSA) is 65.8 Å². The second kappa shape index (κ2) is 8.27. The highest BCUT2D eigenvalue weighted by molar-refractivity contribution is 5.96. The normalized spacial score (nSPS) is 19.9. The van der Waals surface area contributed by atoms with E-state index in [4.69, 9.17) is 0 Å². The van der Waals surface area contributed by atoms with Crippen LogP contribution >= 0.6 is 0 Å². The van der Waals surface area contributed by atoms with E-state index in [1.165, 1.54) is 29.1 Å². The second-order valence-electron chi connectivity index (χ2n) is 9.06. The first-order valence-corrected chi connectivity index (χ1v) is 11.4. The van der Waals surface area contributed by atoms with Crippen LogP contribution < -0.4 is 10.4 Å². The predicted octanol–water partition coefficient (Wildman–Crippen LogP) is 4.09. The van der Waals surface area contributed by atoms with Crippen molar-refractivity contribution in [1.29, 1.82) is 0 Å². The molecule has 1 amide bonds. The van der Waals surface area contributed by atoms with Gasteiger partial charge >= 0.3 is 0 Å². The summed E-state index contributed by atoms with van der Waals surface area (Å²) in [7, 11) is 0. The van der Waals surface area contributed by atoms with Crippen LogP contribution in [0.4, 0.5) is 8.78 Å². The van der Waals surface area contributed by atoms with Crippen LogP contribution in [0.5, 0.6) is 5.75 Å². The van der Waals surface area contributed by atoms with Crippen molar-refractivity contribution in [3.63, 3.8) is 0 Å². The number of fused-ring (bicyclic) bond motifs is 4. The van der Waals surface area contributed by atoms with E-state index >= 15 is 0 Å². The molecule has 0 radical (unpaired) electrons. The molecule has 34 heavy (non-hydrogen) atoms. The van der Waals surface area contributed by atoms with Gasteiger partial charge in [-0.1, -0.05) is 30.3 Å². The number of hydrogen-bond donors (Lipinski definition) is 1. The average molecular weight is 466 g/mol. The van der Waals surface area contributed by atoms with E-state index in [9.17, 15) is 23.5 Å². The molecule has 1 N–H and O–H groups in total. The Labute approximate surface area is 195 Å². The van der Waals surface area contributed by atoms with E-state index in [2.05, 4.69) is 0 Å². The van der Waals surface area contributed by atoms with Gasteiger partial charge in [0.1, 0.15) is 6.17 Å². The van der Waals surface area contributed by atoms with E-state index in [-0.39, 0.29) is 11.7 Å². The summed E-state index contributed by atoms with van der Waals surface area (Å²) >= 11 is 0. The first kappa shape index (κ1) is 22.1. The molecule has 2 aliphatic rings. The smallest absolute Gasteiger partial charge is 0.278 e. The van der Waals surface area contributed by atoms with Crippen molar-refractivity contribution < 1.29 is 18.7 Å². The van der Waals surface area contributed by atoms with Crippen molar-refractivity contribution in [2.75, 3.05) is 5.01 Å². The van der Waals surface area contributed by atoms with Gasteiger partial charge in [-0.25, -0.2) is 8.78 Å². The Kier molecular flexibility index (Phi) is 5.38. The zero-order chi connectivity index (χ0) is 24.1. The van der Waals surface area contributed by atoms with Gasteiger partial charge in [-0.3, -0.25) is 19.3 Å². The molecule has 2 aromatic carbocycles. The zero-order valence-electron chi connectivity index (χ0n) is 18.9. The van der Waals surface area contributed by atoms with Crippen molar-refractivity contribution >= 4 is 5.91 Å². The number of amides is 1. The number of halogens is 2. The molecule has 0 bridgehead atoms. The number of benzene rings is 2. The molecule has 1 aromatic heterocycles. The molecule has 3 heterocycles. The number of aromatic nitrogens is 1. The van der Waals surface area contributed by atoms with E-state index in [0.29, 0.717) is 30.4 Å². The number of aryl methyl sites for hydroxylation is 1. The van der Waals surface area contributed by atoms with Crippen molar-refractivity contribution in [2.45, 2.75) is 51.4 Å². The monoisotopic (exact) mass is 465 g/mol. The molecule has 2 atom stereocenters. The van der Waals surface area contributed by atoms with Gasteiger partial charge in [0.05, 0.1) is 6.04 Å². The van der Waals surface area contributed by atoms with Gasteiger partial charge in [0.25, 0.3) is 5.91 Å². The van der Waals surface area contributed by atoms with Crippen LogP contribution in [-0.2, 0) is 6.42 Å². The van der Waals surface area contributed by atoms with E-state index < -0.39 is 40.9 Å². The van der Waals surface area contributed by atoms with Gasteiger partial charge in [0.2, 0.25) is 5.43 Å². The van der Waals surface area contributed by atoms with Crippen molar-refractivity contribution in [3.8, 4) is 5.75 Å². The van der Waals surface area contributed by atoms with Gasteiger partial charge in [0, 0.05) is 18.3 Å². The number of hydrogen-bond acceptors (Lipinski definition) is 4. The highest BCUT2D eigenvalue weighted by Crippen LogP contribution is 2.40. The molecule has 5 rings (SSSR count). The number of pyridine rings is 1. The van der Waals surface area contributed by atoms with Crippen LogP contribution in [0.2, 0.25) is 0 Å². The second-order valence-corrected chi connectivity index (χ2v) is 9.06. The molecule has 6 nitrogen and oxygen atoms in total. The third-order valence-corrected chi connectivity index (χ3v) is 6.69. The van der Waals surface area contributed by atoms with Crippen LogP contribution in [0.25, 0.3) is 0 Å². The lowest BCUT2D eigenvalue weighted by Crippen LogP contribution is -2.64. The molecule has 0 fully saturated rings. The maximum Gasteiger partial charge on any atom is 0.278 e. The minimum absolute atomic E-state index is 0.136. The Balaban J connectivity index is 1.86. The summed E-state index contributed by atoms with van der Waals surface area (Å²) in [5, 5.41) is 12.5. The molecule has 0 spiro atoms. The molecular weight excluding hydrogens is 440 g/mol. The standard InChI is InChI=1S/C26H25F2N3O3/c1-15(2)30-22-10-6-9-17-13-19(27)20(28)14-18(17)23(16-7-4-3-5-8-16)31(22)29-12-11-21(32)25(33)24(29)26(30)34/h3-5,7-8,11-15,22-23,33H,6,9-10H2,1-2H3/t22?,23-/m1/s1. The van der Waals surface area contributed by atoms with Crippen LogP contribution in [0, 0.1) is 11.6 Å². The predicted molar refractivity (Wildman–Crippen MR) is 123 cm³/mol. The molecular formula is C26H25F2N3O3. The third-order valence-electron chi connectivity index (χ3n) is 6.69. The molecule has 176 valence electrons. The van der Waals surface area contributed by atoms with E-state index in [1.807, 2.05) is 49.2 Å². The Morgan fingerprint density at radius 2 is 1.74 bits per heavy atom. The Morgan fingerprint density at radius 1 is 1.03 bits per heavy atom. The van der Waals surface area contributed by atoms with Crippen LogP contribution in [0.3, 0.4) is 0 Å². The maximum absolute atomic E-state index is 14.6.